The monoisotopic (exact) mass is 376 g/mol. The summed E-state index contributed by atoms with van der Waals surface area (Å²) in [6, 6.07) is 3.76. The highest BCUT2D eigenvalue weighted by molar-refractivity contribution is 7.07. The summed E-state index contributed by atoms with van der Waals surface area (Å²) < 4.78 is 7.36. The molecule has 1 amide bonds. The van der Waals surface area contributed by atoms with Crippen LogP contribution in [0.2, 0.25) is 0 Å². The Labute approximate surface area is 156 Å². The van der Waals surface area contributed by atoms with Crippen LogP contribution < -0.4 is 15.1 Å². The topological polar surface area (TPSA) is 76.5 Å². The van der Waals surface area contributed by atoms with Gasteiger partial charge in [-0.25, -0.2) is 4.98 Å². The van der Waals surface area contributed by atoms with E-state index >= 15 is 0 Å². The number of pyridine rings is 1. The fraction of sp³-hybridized carbons (Fsp3) is 0.500. The maximum Gasteiger partial charge on any atom is 0.307 e. The minimum absolute atomic E-state index is 0.0321. The third-order valence-electron chi connectivity index (χ3n) is 4.31. The molecule has 0 saturated carbocycles. The van der Waals surface area contributed by atoms with E-state index in [2.05, 4.69) is 29.0 Å². The molecule has 0 bridgehead atoms. The highest BCUT2D eigenvalue weighted by Gasteiger charge is 2.23. The number of nitrogens with one attached hydrogen (secondary N) is 1. The molecule has 0 spiro atoms. The molecule has 1 aliphatic rings. The van der Waals surface area contributed by atoms with Crippen LogP contribution >= 0.6 is 11.3 Å². The smallest absolute Gasteiger partial charge is 0.307 e. The van der Waals surface area contributed by atoms with Crippen molar-refractivity contribution in [2.75, 3.05) is 23.3 Å². The maximum atomic E-state index is 12.1. The molecule has 0 unspecified atom stereocenters. The Hall–Kier alpha value is -2.19. The van der Waals surface area contributed by atoms with Gasteiger partial charge in [-0.2, -0.15) is 0 Å². The number of aromatic nitrogens is 2. The van der Waals surface area contributed by atoms with Gasteiger partial charge in [0.2, 0.25) is 5.91 Å². The van der Waals surface area contributed by atoms with Crippen molar-refractivity contribution in [2.24, 2.45) is 0 Å². The second-order valence-corrected chi connectivity index (χ2v) is 7.48. The third kappa shape index (κ3) is 4.50. The van der Waals surface area contributed by atoms with Gasteiger partial charge in [0.15, 0.2) is 0 Å². The number of carbonyl (C=O) groups is 1. The Morgan fingerprint density at radius 1 is 1.35 bits per heavy atom. The zero-order valence-electron chi connectivity index (χ0n) is 15.3. The van der Waals surface area contributed by atoms with Gasteiger partial charge in [0.1, 0.15) is 5.82 Å². The SMILES string of the molecule is Cc1csc(=O)n1CCC(=O)Nc1ccc(N2C[C@@H](C)O[C@H](C)C2)nc1. The summed E-state index contributed by atoms with van der Waals surface area (Å²) in [5.74, 6) is 0.746. The van der Waals surface area contributed by atoms with E-state index in [1.165, 1.54) is 0 Å². The van der Waals surface area contributed by atoms with Crippen molar-refractivity contribution in [1.29, 1.82) is 0 Å². The second-order valence-electron chi connectivity index (χ2n) is 6.66. The molecule has 0 aliphatic carbocycles. The first-order valence-electron chi connectivity index (χ1n) is 8.73. The average Bonchev–Trinajstić information content (AvgIpc) is 2.91. The molecule has 1 aliphatic heterocycles. The van der Waals surface area contributed by atoms with Crippen LogP contribution in [0.15, 0.2) is 28.5 Å². The first-order valence-corrected chi connectivity index (χ1v) is 9.61. The Bertz CT molecular complexity index is 805. The van der Waals surface area contributed by atoms with Gasteiger partial charge < -0.3 is 19.5 Å². The van der Waals surface area contributed by atoms with E-state index in [-0.39, 0.29) is 29.4 Å². The van der Waals surface area contributed by atoms with E-state index in [0.29, 0.717) is 12.2 Å². The number of carbonyl (C=O) groups excluding carboxylic acids is 1. The number of amides is 1. The Morgan fingerprint density at radius 2 is 2.08 bits per heavy atom. The molecule has 8 heteroatoms. The fourth-order valence-corrected chi connectivity index (χ4v) is 3.88. The lowest BCUT2D eigenvalue weighted by molar-refractivity contribution is -0.116. The first-order chi connectivity index (χ1) is 12.4. The molecular weight excluding hydrogens is 352 g/mol. The van der Waals surface area contributed by atoms with Crippen LogP contribution in [0.4, 0.5) is 11.5 Å². The van der Waals surface area contributed by atoms with E-state index in [1.54, 1.807) is 16.1 Å². The Morgan fingerprint density at radius 3 is 2.65 bits per heavy atom. The van der Waals surface area contributed by atoms with Crippen LogP contribution in [0.3, 0.4) is 0 Å². The first kappa shape index (κ1) is 18.6. The molecular formula is C18H24N4O3S. The molecule has 1 fully saturated rings. The quantitative estimate of drug-likeness (QED) is 0.866. The van der Waals surface area contributed by atoms with E-state index in [9.17, 15) is 9.59 Å². The Balaban J connectivity index is 1.55. The normalized spacial score (nSPS) is 20.2. The Kier molecular flexibility index (Phi) is 5.73. The molecule has 1 N–H and O–H groups in total. The van der Waals surface area contributed by atoms with Gasteiger partial charge in [-0.05, 0) is 32.9 Å². The average molecular weight is 376 g/mol. The summed E-state index contributed by atoms with van der Waals surface area (Å²) in [7, 11) is 0. The minimum Gasteiger partial charge on any atom is -0.372 e. The fourth-order valence-electron chi connectivity index (χ4n) is 3.12. The van der Waals surface area contributed by atoms with Crippen LogP contribution in [-0.2, 0) is 16.1 Å². The van der Waals surface area contributed by atoms with Crippen LogP contribution in [0.1, 0.15) is 26.0 Å². The summed E-state index contributed by atoms with van der Waals surface area (Å²) in [4.78, 5) is 30.4. The lowest BCUT2D eigenvalue weighted by atomic mass is 10.2. The number of thiazole rings is 1. The minimum atomic E-state index is -0.134. The zero-order valence-corrected chi connectivity index (χ0v) is 16.1. The van der Waals surface area contributed by atoms with E-state index in [4.69, 9.17) is 4.74 Å². The van der Waals surface area contributed by atoms with Gasteiger partial charge in [0.05, 0.1) is 24.1 Å². The van der Waals surface area contributed by atoms with Gasteiger partial charge in [0.25, 0.3) is 0 Å². The van der Waals surface area contributed by atoms with Crippen molar-refractivity contribution in [3.05, 3.63) is 39.1 Å². The highest BCUT2D eigenvalue weighted by atomic mass is 32.1. The van der Waals surface area contributed by atoms with Gasteiger partial charge in [-0.3, -0.25) is 9.59 Å². The summed E-state index contributed by atoms with van der Waals surface area (Å²) in [6.45, 7) is 7.96. The molecule has 1 saturated heterocycles. The molecule has 7 nitrogen and oxygen atoms in total. The number of hydrogen-bond acceptors (Lipinski definition) is 6. The van der Waals surface area contributed by atoms with Crippen LogP contribution in [0.5, 0.6) is 0 Å². The standard InChI is InChI=1S/C18H24N4O3S/c1-12-11-26-18(24)22(12)7-6-17(23)20-15-4-5-16(19-8-15)21-9-13(2)25-14(3)10-21/h4-5,8,11,13-14H,6-7,9-10H2,1-3H3,(H,20,23)/t13-,14-/m1/s1. The largest absolute Gasteiger partial charge is 0.372 e. The van der Waals surface area contributed by atoms with Gasteiger partial charge in [0, 0.05) is 37.1 Å². The van der Waals surface area contributed by atoms with Crippen LogP contribution in [-0.4, -0.2) is 40.8 Å². The summed E-state index contributed by atoms with van der Waals surface area (Å²) in [5.41, 5.74) is 1.54. The van der Waals surface area contributed by atoms with E-state index in [0.717, 1.165) is 35.9 Å². The molecule has 2 aromatic rings. The number of hydrogen-bond donors (Lipinski definition) is 1. The number of anilines is 2. The van der Waals surface area contributed by atoms with Crippen molar-refractivity contribution in [3.8, 4) is 0 Å². The molecule has 3 heterocycles. The summed E-state index contributed by atoms with van der Waals surface area (Å²) in [6.07, 6.45) is 2.25. The van der Waals surface area contributed by atoms with Gasteiger partial charge >= 0.3 is 4.87 Å². The van der Waals surface area contributed by atoms with Crippen LogP contribution in [0.25, 0.3) is 0 Å². The number of aryl methyl sites for hydroxylation is 1. The van der Waals surface area contributed by atoms with Crippen molar-refractivity contribution >= 4 is 28.7 Å². The molecule has 140 valence electrons. The van der Waals surface area contributed by atoms with Crippen molar-refractivity contribution in [2.45, 2.75) is 45.9 Å². The molecule has 26 heavy (non-hydrogen) atoms. The predicted octanol–water partition coefficient (Wildman–Crippen LogP) is 2.26. The number of nitrogens with zero attached hydrogens (tertiary/aromatic N) is 3. The van der Waals surface area contributed by atoms with Crippen molar-refractivity contribution < 1.29 is 9.53 Å². The summed E-state index contributed by atoms with van der Waals surface area (Å²) in [5, 5.41) is 4.64. The van der Waals surface area contributed by atoms with Crippen molar-refractivity contribution in [3.63, 3.8) is 0 Å². The molecule has 2 atom stereocenters. The van der Waals surface area contributed by atoms with E-state index < -0.39 is 0 Å². The molecule has 3 rings (SSSR count). The lowest BCUT2D eigenvalue weighted by Crippen LogP contribution is -2.45. The lowest BCUT2D eigenvalue weighted by Gasteiger charge is -2.36. The second kappa shape index (κ2) is 8.01. The molecule has 0 radical (unpaired) electrons. The highest BCUT2D eigenvalue weighted by Crippen LogP contribution is 2.19. The molecule has 2 aromatic heterocycles. The summed E-state index contributed by atoms with van der Waals surface area (Å²) >= 11 is 1.15. The zero-order chi connectivity index (χ0) is 18.7. The number of ether oxygens (including phenoxy) is 1. The number of rotatable bonds is 5. The third-order valence-corrected chi connectivity index (χ3v) is 5.20. The van der Waals surface area contributed by atoms with Gasteiger partial charge in [-0.1, -0.05) is 11.3 Å². The number of morpholine rings is 1. The van der Waals surface area contributed by atoms with Crippen LogP contribution in [0, 0.1) is 6.92 Å². The van der Waals surface area contributed by atoms with Crippen molar-refractivity contribution in [1.82, 2.24) is 9.55 Å². The van der Waals surface area contributed by atoms with Gasteiger partial charge in [-0.15, -0.1) is 0 Å². The van der Waals surface area contributed by atoms with E-state index in [1.807, 2.05) is 19.1 Å². The maximum absolute atomic E-state index is 12.1. The predicted molar refractivity (Wildman–Crippen MR) is 103 cm³/mol. The molecule has 0 aromatic carbocycles.